The molecule has 0 saturated carbocycles. The first-order chi connectivity index (χ1) is 11.4. The molecule has 5 heteroatoms. The lowest BCUT2D eigenvalue weighted by molar-refractivity contribution is 0.0895. The van der Waals surface area contributed by atoms with Crippen LogP contribution in [0.25, 0.3) is 0 Å². The van der Waals surface area contributed by atoms with Gasteiger partial charge >= 0.3 is 0 Å². The van der Waals surface area contributed by atoms with Gasteiger partial charge in [0.2, 0.25) is 0 Å². The number of nitrogens with zero attached hydrogens (tertiary/aromatic N) is 3. The summed E-state index contributed by atoms with van der Waals surface area (Å²) >= 11 is 0. The summed E-state index contributed by atoms with van der Waals surface area (Å²) in [7, 11) is 0. The van der Waals surface area contributed by atoms with Gasteiger partial charge < -0.3 is 5.73 Å². The molecule has 0 aliphatic carbocycles. The highest BCUT2D eigenvalue weighted by Crippen LogP contribution is 2.29. The molecule has 1 saturated heterocycles. The molecule has 3 rings (SSSR count). The van der Waals surface area contributed by atoms with E-state index >= 15 is 0 Å². The van der Waals surface area contributed by atoms with Crippen LogP contribution in [0.5, 0.6) is 0 Å². The minimum Gasteiger partial charge on any atom is -0.327 e. The largest absolute Gasteiger partial charge is 0.327 e. The molecular formula is C20H31ClN4. The van der Waals surface area contributed by atoms with Gasteiger partial charge in [0.15, 0.2) is 0 Å². The van der Waals surface area contributed by atoms with E-state index in [0.717, 1.165) is 38.3 Å². The van der Waals surface area contributed by atoms with Crippen molar-refractivity contribution in [3.05, 3.63) is 52.8 Å². The standard InChI is InChI=1S/C20H30N4.ClH/c1-15-18(13-23-11-10-19(21)20(3,4)14-23)16(2)24(22-15)12-17-8-6-5-7-9-17;/h5-9,19H,10-14,21H2,1-4H3;1H. The predicted molar refractivity (Wildman–Crippen MR) is 106 cm³/mol. The summed E-state index contributed by atoms with van der Waals surface area (Å²) in [5.41, 5.74) is 11.5. The lowest BCUT2D eigenvalue weighted by Crippen LogP contribution is -2.52. The molecule has 0 bridgehead atoms. The van der Waals surface area contributed by atoms with Crippen molar-refractivity contribution in [1.29, 1.82) is 0 Å². The molecule has 0 radical (unpaired) electrons. The first kappa shape index (κ1) is 20.0. The third-order valence-electron chi connectivity index (χ3n) is 5.48. The Bertz CT molecular complexity index is 693. The Morgan fingerprint density at radius 2 is 1.84 bits per heavy atom. The number of hydrogen-bond donors (Lipinski definition) is 1. The van der Waals surface area contributed by atoms with Crippen LogP contribution in [-0.4, -0.2) is 33.8 Å². The smallest absolute Gasteiger partial charge is 0.0662 e. The van der Waals surface area contributed by atoms with Gasteiger partial charge in [-0.2, -0.15) is 5.10 Å². The van der Waals surface area contributed by atoms with Gasteiger partial charge in [0.1, 0.15) is 0 Å². The number of aromatic nitrogens is 2. The van der Waals surface area contributed by atoms with Crippen molar-refractivity contribution in [2.24, 2.45) is 11.1 Å². The van der Waals surface area contributed by atoms with E-state index < -0.39 is 0 Å². The molecular weight excluding hydrogens is 332 g/mol. The van der Waals surface area contributed by atoms with Crippen molar-refractivity contribution in [2.75, 3.05) is 13.1 Å². The van der Waals surface area contributed by atoms with Crippen LogP contribution in [0.2, 0.25) is 0 Å². The van der Waals surface area contributed by atoms with Crippen LogP contribution in [-0.2, 0) is 13.1 Å². The molecule has 1 unspecified atom stereocenters. The zero-order valence-corrected chi connectivity index (χ0v) is 16.6. The van der Waals surface area contributed by atoms with Crippen molar-refractivity contribution in [3.63, 3.8) is 0 Å². The number of hydrogen-bond acceptors (Lipinski definition) is 3. The Labute approximate surface area is 157 Å². The lowest BCUT2D eigenvalue weighted by atomic mass is 9.79. The minimum atomic E-state index is 0. The molecule has 138 valence electrons. The highest BCUT2D eigenvalue weighted by molar-refractivity contribution is 5.85. The zero-order valence-electron chi connectivity index (χ0n) is 15.8. The van der Waals surface area contributed by atoms with Crippen LogP contribution >= 0.6 is 12.4 Å². The first-order valence-electron chi connectivity index (χ1n) is 8.91. The molecule has 1 fully saturated rings. The molecule has 2 N–H and O–H groups in total. The topological polar surface area (TPSA) is 47.1 Å². The second kappa shape index (κ2) is 7.90. The van der Waals surface area contributed by atoms with E-state index in [2.05, 4.69) is 67.6 Å². The second-order valence-corrected chi connectivity index (χ2v) is 7.89. The maximum absolute atomic E-state index is 6.27. The molecule has 4 nitrogen and oxygen atoms in total. The fourth-order valence-electron chi connectivity index (χ4n) is 3.72. The van der Waals surface area contributed by atoms with Gasteiger partial charge in [-0.3, -0.25) is 9.58 Å². The summed E-state index contributed by atoms with van der Waals surface area (Å²) in [5, 5.41) is 4.79. The number of nitrogens with two attached hydrogens (primary N) is 1. The van der Waals surface area contributed by atoms with Gasteiger partial charge in [-0.25, -0.2) is 0 Å². The van der Waals surface area contributed by atoms with Gasteiger partial charge in [-0.1, -0.05) is 44.2 Å². The fourth-order valence-corrected chi connectivity index (χ4v) is 3.72. The average molecular weight is 363 g/mol. The van der Waals surface area contributed by atoms with Crippen LogP contribution < -0.4 is 5.73 Å². The van der Waals surface area contributed by atoms with Crippen molar-refractivity contribution < 1.29 is 0 Å². The highest BCUT2D eigenvalue weighted by atomic mass is 35.5. The summed E-state index contributed by atoms with van der Waals surface area (Å²) in [5.74, 6) is 0. The first-order valence-corrected chi connectivity index (χ1v) is 8.91. The predicted octanol–water partition coefficient (Wildman–Crippen LogP) is 3.53. The normalized spacial score (nSPS) is 20.3. The van der Waals surface area contributed by atoms with Crippen molar-refractivity contribution in [2.45, 2.75) is 53.2 Å². The molecule has 1 aliphatic heterocycles. The van der Waals surface area contributed by atoms with Gasteiger partial charge in [-0.05, 0) is 31.2 Å². The number of likely N-dealkylation sites (tertiary alicyclic amines) is 1. The maximum Gasteiger partial charge on any atom is 0.0662 e. The van der Waals surface area contributed by atoms with Crippen LogP contribution in [0, 0.1) is 19.3 Å². The van der Waals surface area contributed by atoms with E-state index in [1.807, 2.05) is 0 Å². The van der Waals surface area contributed by atoms with Crippen LogP contribution in [0.15, 0.2) is 30.3 Å². The molecule has 1 atom stereocenters. The Morgan fingerprint density at radius 3 is 2.48 bits per heavy atom. The number of rotatable bonds is 4. The monoisotopic (exact) mass is 362 g/mol. The lowest BCUT2D eigenvalue weighted by Gasteiger charge is -2.42. The Hall–Kier alpha value is -1.36. The average Bonchev–Trinajstić information content (AvgIpc) is 2.79. The number of halogens is 1. The van der Waals surface area contributed by atoms with E-state index in [0.29, 0.717) is 6.04 Å². The highest BCUT2D eigenvalue weighted by Gasteiger charge is 2.33. The van der Waals surface area contributed by atoms with Crippen molar-refractivity contribution in [1.82, 2.24) is 14.7 Å². The van der Waals surface area contributed by atoms with Crippen LogP contribution in [0.4, 0.5) is 0 Å². The second-order valence-electron chi connectivity index (χ2n) is 7.89. The summed E-state index contributed by atoms with van der Waals surface area (Å²) in [6.07, 6.45) is 1.07. The number of benzene rings is 1. The minimum absolute atomic E-state index is 0. The third kappa shape index (κ3) is 4.43. The summed E-state index contributed by atoms with van der Waals surface area (Å²) in [6, 6.07) is 10.8. The Kier molecular flexibility index (Phi) is 6.30. The fraction of sp³-hybridized carbons (Fsp3) is 0.550. The van der Waals surface area contributed by atoms with E-state index in [-0.39, 0.29) is 17.8 Å². The van der Waals surface area contributed by atoms with Crippen molar-refractivity contribution >= 4 is 12.4 Å². The van der Waals surface area contributed by atoms with Gasteiger partial charge in [0.25, 0.3) is 0 Å². The van der Waals surface area contributed by atoms with Gasteiger partial charge in [0.05, 0.1) is 12.2 Å². The summed E-state index contributed by atoms with van der Waals surface area (Å²) in [6.45, 7) is 12.8. The summed E-state index contributed by atoms with van der Waals surface area (Å²) in [4.78, 5) is 2.53. The van der Waals surface area contributed by atoms with Crippen LogP contribution in [0.1, 0.15) is 42.8 Å². The maximum atomic E-state index is 6.27. The Morgan fingerprint density at radius 1 is 1.16 bits per heavy atom. The van der Waals surface area contributed by atoms with Crippen LogP contribution in [0.3, 0.4) is 0 Å². The molecule has 2 aromatic rings. The number of aryl methyl sites for hydroxylation is 1. The van der Waals surface area contributed by atoms with Gasteiger partial charge in [-0.15, -0.1) is 12.4 Å². The van der Waals surface area contributed by atoms with E-state index in [1.165, 1.54) is 16.8 Å². The zero-order chi connectivity index (χ0) is 17.3. The quantitative estimate of drug-likeness (QED) is 0.905. The van der Waals surface area contributed by atoms with Gasteiger partial charge in [0, 0.05) is 36.9 Å². The molecule has 25 heavy (non-hydrogen) atoms. The van der Waals surface area contributed by atoms with E-state index in [9.17, 15) is 0 Å². The molecule has 1 aliphatic rings. The van der Waals surface area contributed by atoms with E-state index in [4.69, 9.17) is 10.8 Å². The number of piperidine rings is 1. The molecule has 0 amide bonds. The molecule has 1 aromatic carbocycles. The van der Waals surface area contributed by atoms with Crippen molar-refractivity contribution in [3.8, 4) is 0 Å². The third-order valence-corrected chi connectivity index (χ3v) is 5.48. The SMILES string of the molecule is Cc1nn(Cc2ccccc2)c(C)c1CN1CCC(N)C(C)(C)C1.Cl. The molecule has 2 heterocycles. The van der Waals surface area contributed by atoms with E-state index in [1.54, 1.807) is 0 Å². The Balaban J connectivity index is 0.00000225. The summed E-state index contributed by atoms with van der Waals surface area (Å²) < 4.78 is 2.14. The molecule has 1 aromatic heterocycles. The molecule has 0 spiro atoms.